The number of benzene rings is 1. The highest BCUT2D eigenvalue weighted by molar-refractivity contribution is 5.95. The summed E-state index contributed by atoms with van der Waals surface area (Å²) in [7, 11) is 0. The molecule has 2 saturated carbocycles. The molecule has 3 rings (SSSR count). The van der Waals surface area contributed by atoms with Gasteiger partial charge in [0, 0.05) is 23.4 Å². The van der Waals surface area contributed by atoms with E-state index in [2.05, 4.69) is 11.4 Å². The maximum atomic E-state index is 12.5. The fourth-order valence-corrected chi connectivity index (χ4v) is 3.88. The van der Waals surface area contributed by atoms with Crippen LogP contribution in [-0.2, 0) is 9.59 Å². The molecule has 2 aliphatic rings. The molecule has 1 amide bonds. The number of ketones is 1. The van der Waals surface area contributed by atoms with Crippen LogP contribution >= 0.6 is 0 Å². The Morgan fingerprint density at radius 1 is 1.14 bits per heavy atom. The first-order valence-electron chi connectivity index (χ1n) is 7.96. The first-order valence-corrected chi connectivity index (χ1v) is 7.96. The van der Waals surface area contributed by atoms with Crippen LogP contribution in [0.1, 0.15) is 43.2 Å². The molecule has 1 aromatic carbocycles. The molecule has 2 atom stereocenters. The number of aryl methyl sites for hydroxylation is 2. The average molecular weight is 285 g/mol. The van der Waals surface area contributed by atoms with Crippen molar-refractivity contribution in [3.05, 3.63) is 29.3 Å². The van der Waals surface area contributed by atoms with Crippen molar-refractivity contribution >= 4 is 17.4 Å². The molecule has 3 heteroatoms. The average Bonchev–Trinajstić information content (AvgIpc) is 2.41. The van der Waals surface area contributed by atoms with Gasteiger partial charge in [-0.25, -0.2) is 0 Å². The molecule has 2 fully saturated rings. The van der Waals surface area contributed by atoms with E-state index in [1.807, 2.05) is 26.0 Å². The summed E-state index contributed by atoms with van der Waals surface area (Å²) in [6.07, 6.45) is 4.58. The van der Waals surface area contributed by atoms with Crippen LogP contribution in [0.4, 0.5) is 5.69 Å². The zero-order valence-electron chi connectivity index (χ0n) is 12.8. The van der Waals surface area contributed by atoms with Crippen molar-refractivity contribution in [3.63, 3.8) is 0 Å². The molecule has 3 nitrogen and oxygen atoms in total. The summed E-state index contributed by atoms with van der Waals surface area (Å²) in [5, 5.41) is 3.06. The lowest BCUT2D eigenvalue weighted by atomic mass is 9.67. The van der Waals surface area contributed by atoms with Crippen LogP contribution in [-0.4, -0.2) is 11.7 Å². The number of amides is 1. The lowest BCUT2D eigenvalue weighted by molar-refractivity contribution is -0.136. The number of hydrogen-bond acceptors (Lipinski definition) is 2. The van der Waals surface area contributed by atoms with E-state index in [-0.39, 0.29) is 23.7 Å². The number of carbonyl (C=O) groups excluding carboxylic acids is 2. The van der Waals surface area contributed by atoms with Gasteiger partial charge in [0.1, 0.15) is 5.78 Å². The van der Waals surface area contributed by atoms with Gasteiger partial charge in [-0.3, -0.25) is 9.59 Å². The molecule has 112 valence electrons. The minimum Gasteiger partial charge on any atom is -0.326 e. The molecule has 2 unspecified atom stereocenters. The predicted octanol–water partition coefficient (Wildman–Crippen LogP) is 3.64. The molecule has 2 bridgehead atoms. The van der Waals surface area contributed by atoms with E-state index < -0.39 is 0 Å². The Morgan fingerprint density at radius 2 is 1.81 bits per heavy atom. The van der Waals surface area contributed by atoms with Gasteiger partial charge in [-0.1, -0.05) is 24.1 Å². The van der Waals surface area contributed by atoms with E-state index >= 15 is 0 Å². The van der Waals surface area contributed by atoms with E-state index in [9.17, 15) is 9.59 Å². The summed E-state index contributed by atoms with van der Waals surface area (Å²) >= 11 is 0. The van der Waals surface area contributed by atoms with E-state index in [1.165, 1.54) is 5.56 Å². The lowest BCUT2D eigenvalue weighted by Crippen LogP contribution is -2.40. The van der Waals surface area contributed by atoms with E-state index in [0.717, 1.165) is 43.4 Å². The van der Waals surface area contributed by atoms with Crippen molar-refractivity contribution in [2.45, 2.75) is 46.0 Å². The third-order valence-electron chi connectivity index (χ3n) is 5.06. The first-order chi connectivity index (χ1) is 10.0. The Kier molecular flexibility index (Phi) is 3.83. The number of nitrogens with one attached hydrogen (secondary N) is 1. The molecule has 0 radical (unpaired) electrons. The second kappa shape index (κ2) is 5.63. The molecule has 0 spiro atoms. The van der Waals surface area contributed by atoms with Crippen LogP contribution in [0.5, 0.6) is 0 Å². The van der Waals surface area contributed by atoms with Crippen molar-refractivity contribution in [1.82, 2.24) is 0 Å². The lowest BCUT2D eigenvalue weighted by Gasteiger charge is -2.37. The summed E-state index contributed by atoms with van der Waals surface area (Å²) in [5.74, 6) is 0.765. The summed E-state index contributed by atoms with van der Waals surface area (Å²) < 4.78 is 0. The monoisotopic (exact) mass is 285 g/mol. The summed E-state index contributed by atoms with van der Waals surface area (Å²) in [6, 6.07) is 6.06. The molecular formula is C18H23NO2. The van der Waals surface area contributed by atoms with Gasteiger partial charge in [0.15, 0.2) is 0 Å². The van der Waals surface area contributed by atoms with Gasteiger partial charge in [-0.05, 0) is 51.2 Å². The molecule has 0 saturated heterocycles. The molecule has 0 aromatic heterocycles. The minimum absolute atomic E-state index is 0.00120. The predicted molar refractivity (Wildman–Crippen MR) is 83.1 cm³/mol. The molecular weight excluding hydrogens is 262 g/mol. The van der Waals surface area contributed by atoms with E-state index in [4.69, 9.17) is 0 Å². The standard InChI is InChI=1S/C18H23NO2/c1-11-6-7-16(12(2)8-11)19-18(21)15-9-13-4-3-5-14(10-15)17(13)20/h6-8,13-15H,3-5,9-10H2,1-2H3,(H,19,21). The van der Waals surface area contributed by atoms with Crippen molar-refractivity contribution in [3.8, 4) is 0 Å². The van der Waals surface area contributed by atoms with Gasteiger partial charge in [0.05, 0.1) is 0 Å². The highest BCUT2D eigenvalue weighted by Crippen LogP contribution is 2.40. The Balaban J connectivity index is 1.70. The number of carbonyl (C=O) groups is 2. The Labute approximate surface area is 126 Å². The Bertz CT molecular complexity index is 563. The Hall–Kier alpha value is -1.64. The largest absolute Gasteiger partial charge is 0.326 e. The second-order valence-corrected chi connectivity index (χ2v) is 6.70. The summed E-state index contributed by atoms with van der Waals surface area (Å²) in [4.78, 5) is 24.6. The van der Waals surface area contributed by atoms with Crippen molar-refractivity contribution in [2.75, 3.05) is 5.32 Å². The number of hydrogen-bond donors (Lipinski definition) is 1. The van der Waals surface area contributed by atoms with Crippen molar-refractivity contribution in [1.29, 1.82) is 0 Å². The van der Waals surface area contributed by atoms with E-state index in [1.54, 1.807) is 0 Å². The molecule has 0 heterocycles. The van der Waals surface area contributed by atoms with Crippen LogP contribution < -0.4 is 5.32 Å². The number of rotatable bonds is 2. The SMILES string of the molecule is Cc1ccc(NC(=O)C2CC3CCCC(C2)C3=O)c(C)c1. The molecule has 0 aliphatic heterocycles. The first kappa shape index (κ1) is 14.3. The quantitative estimate of drug-likeness (QED) is 0.901. The molecule has 1 aromatic rings. The maximum Gasteiger partial charge on any atom is 0.227 e. The fourth-order valence-electron chi connectivity index (χ4n) is 3.88. The number of fused-ring (bicyclic) bond motifs is 2. The topological polar surface area (TPSA) is 46.2 Å². The summed E-state index contributed by atoms with van der Waals surface area (Å²) in [5.41, 5.74) is 3.19. The molecule has 21 heavy (non-hydrogen) atoms. The second-order valence-electron chi connectivity index (χ2n) is 6.70. The van der Waals surface area contributed by atoms with E-state index in [0.29, 0.717) is 5.78 Å². The van der Waals surface area contributed by atoms with Gasteiger partial charge < -0.3 is 5.32 Å². The zero-order chi connectivity index (χ0) is 15.0. The number of Topliss-reactive ketones (excluding diaryl/α,β-unsaturated/α-hetero) is 1. The van der Waals surface area contributed by atoms with Crippen LogP contribution in [0, 0.1) is 31.6 Å². The zero-order valence-corrected chi connectivity index (χ0v) is 12.8. The minimum atomic E-state index is -0.00120. The van der Waals surface area contributed by atoms with Gasteiger partial charge in [0.25, 0.3) is 0 Å². The summed E-state index contributed by atoms with van der Waals surface area (Å²) in [6.45, 7) is 4.06. The molecule has 2 aliphatic carbocycles. The Morgan fingerprint density at radius 3 is 2.43 bits per heavy atom. The van der Waals surface area contributed by atoms with Crippen molar-refractivity contribution in [2.24, 2.45) is 17.8 Å². The van der Waals surface area contributed by atoms with Crippen molar-refractivity contribution < 1.29 is 9.59 Å². The number of anilines is 1. The maximum absolute atomic E-state index is 12.5. The van der Waals surface area contributed by atoms with Gasteiger partial charge >= 0.3 is 0 Å². The third-order valence-corrected chi connectivity index (χ3v) is 5.06. The third kappa shape index (κ3) is 2.87. The van der Waals surface area contributed by atoms with Gasteiger partial charge in [0.2, 0.25) is 5.91 Å². The highest BCUT2D eigenvalue weighted by atomic mass is 16.2. The van der Waals surface area contributed by atoms with Gasteiger partial charge in [-0.15, -0.1) is 0 Å². The van der Waals surface area contributed by atoms with Crippen LogP contribution in [0.2, 0.25) is 0 Å². The van der Waals surface area contributed by atoms with Crippen LogP contribution in [0.15, 0.2) is 18.2 Å². The van der Waals surface area contributed by atoms with Gasteiger partial charge in [-0.2, -0.15) is 0 Å². The normalized spacial score (nSPS) is 28.3. The smallest absolute Gasteiger partial charge is 0.227 e. The molecule has 1 N–H and O–H groups in total. The van der Waals surface area contributed by atoms with Crippen LogP contribution in [0.25, 0.3) is 0 Å². The highest BCUT2D eigenvalue weighted by Gasteiger charge is 2.41. The van der Waals surface area contributed by atoms with Crippen LogP contribution in [0.3, 0.4) is 0 Å². The fraction of sp³-hybridized carbons (Fsp3) is 0.556.